The van der Waals surface area contributed by atoms with E-state index < -0.39 is 10.0 Å². The summed E-state index contributed by atoms with van der Waals surface area (Å²) in [5.74, 6) is 0.938. The molecule has 1 aromatic heterocycles. The van der Waals surface area contributed by atoms with Crippen LogP contribution >= 0.6 is 0 Å². The minimum Gasteiger partial charge on any atom is -0.497 e. The number of aromatic nitrogens is 1. The minimum atomic E-state index is -3.83. The quantitative estimate of drug-likeness (QED) is 0.770. The molecular weight excluding hydrogens is 328 g/mol. The van der Waals surface area contributed by atoms with Crippen molar-refractivity contribution in [3.8, 4) is 11.5 Å². The molecule has 1 heterocycles. The maximum absolute atomic E-state index is 12.8. The normalized spacial score (nSPS) is 11.2. The number of hydrogen-bond donors (Lipinski definition) is 1. The molecule has 1 N–H and O–H groups in total. The van der Waals surface area contributed by atoms with E-state index in [1.165, 1.54) is 20.3 Å². The standard InChI is InChI=1S/C17H16N2O4S/c1-22-13-8-9-14(15(11-13)23-2)19-24(20,21)16-7-3-5-12-6-4-10-18-17(12)16/h3-11,19H,1-2H3. The van der Waals surface area contributed by atoms with Crippen LogP contribution < -0.4 is 14.2 Å². The van der Waals surface area contributed by atoms with Gasteiger partial charge < -0.3 is 9.47 Å². The molecule has 0 aliphatic heterocycles. The molecule has 0 unspecified atom stereocenters. The highest BCUT2D eigenvalue weighted by Crippen LogP contribution is 2.31. The summed E-state index contributed by atoms with van der Waals surface area (Å²) in [5, 5.41) is 0.752. The predicted molar refractivity (Wildman–Crippen MR) is 92.1 cm³/mol. The molecule has 0 saturated heterocycles. The summed E-state index contributed by atoms with van der Waals surface area (Å²) in [6.07, 6.45) is 1.56. The highest BCUT2D eigenvalue weighted by molar-refractivity contribution is 7.93. The van der Waals surface area contributed by atoms with E-state index in [-0.39, 0.29) is 4.90 Å². The fourth-order valence-electron chi connectivity index (χ4n) is 2.38. The second-order valence-electron chi connectivity index (χ2n) is 5.00. The van der Waals surface area contributed by atoms with Crippen molar-refractivity contribution in [2.75, 3.05) is 18.9 Å². The highest BCUT2D eigenvalue weighted by atomic mass is 32.2. The average molecular weight is 344 g/mol. The number of sulfonamides is 1. The summed E-state index contributed by atoms with van der Waals surface area (Å²) in [6.45, 7) is 0. The molecule has 24 heavy (non-hydrogen) atoms. The van der Waals surface area contributed by atoms with Gasteiger partial charge in [0.2, 0.25) is 0 Å². The van der Waals surface area contributed by atoms with Gasteiger partial charge in [0.05, 0.1) is 25.4 Å². The lowest BCUT2D eigenvalue weighted by Gasteiger charge is -2.13. The number of ether oxygens (including phenoxy) is 2. The van der Waals surface area contributed by atoms with Crippen molar-refractivity contribution in [2.45, 2.75) is 4.90 Å². The lowest BCUT2D eigenvalue weighted by molar-refractivity contribution is 0.395. The van der Waals surface area contributed by atoms with Gasteiger partial charge in [-0.25, -0.2) is 8.42 Å². The number of nitrogens with one attached hydrogen (secondary N) is 1. The molecule has 6 nitrogen and oxygen atoms in total. The van der Waals surface area contributed by atoms with Crippen molar-refractivity contribution >= 4 is 26.6 Å². The first-order chi connectivity index (χ1) is 11.5. The van der Waals surface area contributed by atoms with Crippen LogP contribution in [-0.4, -0.2) is 27.6 Å². The molecule has 0 aliphatic carbocycles. The summed E-state index contributed by atoms with van der Waals surface area (Å²) < 4.78 is 38.5. The third-order valence-electron chi connectivity index (χ3n) is 3.54. The lowest BCUT2D eigenvalue weighted by atomic mass is 10.2. The number of para-hydroxylation sites is 1. The Labute approximate surface area is 140 Å². The van der Waals surface area contributed by atoms with Crippen LogP contribution in [0.25, 0.3) is 10.9 Å². The molecular formula is C17H16N2O4S. The van der Waals surface area contributed by atoms with Crippen molar-refractivity contribution in [1.29, 1.82) is 0 Å². The van der Waals surface area contributed by atoms with Gasteiger partial charge in [-0.1, -0.05) is 18.2 Å². The minimum absolute atomic E-state index is 0.110. The van der Waals surface area contributed by atoms with Crippen molar-refractivity contribution in [3.05, 3.63) is 54.7 Å². The Bertz CT molecular complexity index is 982. The number of methoxy groups -OCH3 is 2. The van der Waals surface area contributed by atoms with Crippen LogP contribution in [0.1, 0.15) is 0 Å². The number of nitrogens with zero attached hydrogens (tertiary/aromatic N) is 1. The van der Waals surface area contributed by atoms with Gasteiger partial charge in [-0.3, -0.25) is 9.71 Å². The van der Waals surface area contributed by atoms with Crippen LogP contribution in [0.15, 0.2) is 59.6 Å². The summed E-state index contributed by atoms with van der Waals surface area (Å²) in [5.41, 5.74) is 0.742. The van der Waals surface area contributed by atoms with Crippen LogP contribution in [0.2, 0.25) is 0 Å². The number of fused-ring (bicyclic) bond motifs is 1. The third-order valence-corrected chi connectivity index (χ3v) is 4.94. The Morgan fingerprint density at radius 1 is 1.00 bits per heavy atom. The Kier molecular flexibility index (Phi) is 4.26. The maximum Gasteiger partial charge on any atom is 0.264 e. The first kappa shape index (κ1) is 16.1. The molecule has 0 saturated carbocycles. The molecule has 0 spiro atoms. The fourth-order valence-corrected chi connectivity index (χ4v) is 3.63. The second-order valence-corrected chi connectivity index (χ2v) is 6.65. The second kappa shape index (κ2) is 6.37. The molecule has 0 aliphatic rings. The van der Waals surface area contributed by atoms with Crippen molar-refractivity contribution < 1.29 is 17.9 Å². The number of anilines is 1. The highest BCUT2D eigenvalue weighted by Gasteiger charge is 2.20. The molecule has 7 heteroatoms. The van der Waals surface area contributed by atoms with Gasteiger partial charge >= 0.3 is 0 Å². The van der Waals surface area contributed by atoms with Gasteiger partial charge in [0.1, 0.15) is 16.4 Å². The zero-order chi connectivity index (χ0) is 17.2. The van der Waals surface area contributed by atoms with Gasteiger partial charge in [0, 0.05) is 17.6 Å². The van der Waals surface area contributed by atoms with Crippen molar-refractivity contribution in [2.24, 2.45) is 0 Å². The number of hydrogen-bond acceptors (Lipinski definition) is 5. The summed E-state index contributed by atoms with van der Waals surface area (Å²) >= 11 is 0. The smallest absolute Gasteiger partial charge is 0.264 e. The first-order valence-corrected chi connectivity index (χ1v) is 8.62. The molecule has 2 aromatic carbocycles. The number of rotatable bonds is 5. The van der Waals surface area contributed by atoms with E-state index in [9.17, 15) is 8.42 Å². The van der Waals surface area contributed by atoms with Gasteiger partial charge in [-0.05, 0) is 24.3 Å². The first-order valence-electron chi connectivity index (χ1n) is 7.14. The van der Waals surface area contributed by atoms with Crippen LogP contribution in [-0.2, 0) is 10.0 Å². The Balaban J connectivity index is 2.06. The molecule has 0 bridgehead atoms. The van der Waals surface area contributed by atoms with Gasteiger partial charge in [0.15, 0.2) is 0 Å². The van der Waals surface area contributed by atoms with E-state index in [0.717, 1.165) is 5.39 Å². The van der Waals surface area contributed by atoms with E-state index in [0.29, 0.717) is 22.7 Å². The molecule has 3 rings (SSSR count). The average Bonchev–Trinajstić information content (AvgIpc) is 2.61. The van der Waals surface area contributed by atoms with Crippen LogP contribution in [0.3, 0.4) is 0 Å². The van der Waals surface area contributed by atoms with Crippen molar-refractivity contribution in [3.63, 3.8) is 0 Å². The monoisotopic (exact) mass is 344 g/mol. The predicted octanol–water partition coefficient (Wildman–Crippen LogP) is 3.05. The van der Waals surface area contributed by atoms with Gasteiger partial charge in [0.25, 0.3) is 10.0 Å². The number of pyridine rings is 1. The SMILES string of the molecule is COc1ccc(NS(=O)(=O)c2cccc3cccnc23)c(OC)c1. The molecule has 0 amide bonds. The number of benzene rings is 2. The summed E-state index contributed by atoms with van der Waals surface area (Å²) in [6, 6.07) is 13.5. The Hall–Kier alpha value is -2.80. The van der Waals surface area contributed by atoms with E-state index in [1.54, 1.807) is 36.5 Å². The van der Waals surface area contributed by atoms with E-state index in [4.69, 9.17) is 9.47 Å². The fraction of sp³-hybridized carbons (Fsp3) is 0.118. The van der Waals surface area contributed by atoms with Crippen LogP contribution in [0.4, 0.5) is 5.69 Å². The molecule has 0 atom stereocenters. The van der Waals surface area contributed by atoms with E-state index in [2.05, 4.69) is 9.71 Å². The topological polar surface area (TPSA) is 77.5 Å². The molecule has 124 valence electrons. The van der Waals surface area contributed by atoms with E-state index in [1.807, 2.05) is 12.1 Å². The van der Waals surface area contributed by atoms with Crippen molar-refractivity contribution in [1.82, 2.24) is 4.98 Å². The zero-order valence-corrected chi connectivity index (χ0v) is 14.0. The zero-order valence-electron chi connectivity index (χ0n) is 13.2. The van der Waals surface area contributed by atoms with Gasteiger partial charge in [-0.15, -0.1) is 0 Å². The summed E-state index contributed by atoms with van der Waals surface area (Å²) in [7, 11) is -0.833. The van der Waals surface area contributed by atoms with Crippen LogP contribution in [0.5, 0.6) is 11.5 Å². The molecule has 0 fully saturated rings. The maximum atomic E-state index is 12.8. The van der Waals surface area contributed by atoms with Crippen LogP contribution in [0, 0.1) is 0 Å². The van der Waals surface area contributed by atoms with Gasteiger partial charge in [-0.2, -0.15) is 0 Å². The largest absolute Gasteiger partial charge is 0.497 e. The lowest BCUT2D eigenvalue weighted by Crippen LogP contribution is -2.14. The Morgan fingerprint density at radius 3 is 2.54 bits per heavy atom. The summed E-state index contributed by atoms with van der Waals surface area (Å²) in [4.78, 5) is 4.30. The molecule has 0 radical (unpaired) electrons. The molecule has 3 aromatic rings. The van der Waals surface area contributed by atoms with E-state index >= 15 is 0 Å². The Morgan fingerprint density at radius 2 is 1.79 bits per heavy atom. The third kappa shape index (κ3) is 2.98.